The highest BCUT2D eigenvalue weighted by molar-refractivity contribution is 5.85. The molecule has 1 aromatic rings. The molecular formula is C21H35N3. The molecule has 0 spiro atoms. The lowest BCUT2D eigenvalue weighted by atomic mass is 10.0. The van der Waals surface area contributed by atoms with Gasteiger partial charge in [0.05, 0.1) is 0 Å². The first kappa shape index (κ1) is 18.8. The lowest BCUT2D eigenvalue weighted by Gasteiger charge is -2.21. The molecule has 1 aromatic carbocycles. The Labute approximate surface area is 148 Å². The Morgan fingerprint density at radius 2 is 1.92 bits per heavy atom. The van der Waals surface area contributed by atoms with Crippen LogP contribution < -0.4 is 10.6 Å². The molecule has 24 heavy (non-hydrogen) atoms. The number of hydrogen-bond acceptors (Lipinski definition) is 3. The van der Waals surface area contributed by atoms with Crippen molar-refractivity contribution in [2.75, 3.05) is 25.0 Å². The van der Waals surface area contributed by atoms with Crippen LogP contribution in [0.15, 0.2) is 29.3 Å². The molecule has 0 aliphatic carbocycles. The molecule has 3 heteroatoms. The van der Waals surface area contributed by atoms with Gasteiger partial charge < -0.3 is 10.6 Å². The van der Waals surface area contributed by atoms with Gasteiger partial charge in [-0.25, -0.2) is 0 Å². The summed E-state index contributed by atoms with van der Waals surface area (Å²) in [5, 5.41) is 7.09. The highest BCUT2D eigenvalue weighted by atomic mass is 15.0. The Kier molecular flexibility index (Phi) is 8.72. The largest absolute Gasteiger partial charge is 0.384 e. The molecule has 0 amide bonds. The number of amidine groups is 1. The number of benzene rings is 1. The van der Waals surface area contributed by atoms with Gasteiger partial charge in [-0.2, -0.15) is 0 Å². The van der Waals surface area contributed by atoms with Crippen LogP contribution in [0.3, 0.4) is 0 Å². The van der Waals surface area contributed by atoms with Gasteiger partial charge in [-0.3, -0.25) is 4.99 Å². The van der Waals surface area contributed by atoms with E-state index in [1.165, 1.54) is 62.0 Å². The average Bonchev–Trinajstić information content (AvgIpc) is 2.64. The number of hydrogen-bond donors (Lipinski definition) is 2. The molecule has 1 atom stereocenters. The minimum Gasteiger partial charge on any atom is -0.384 e. The van der Waals surface area contributed by atoms with Crippen LogP contribution in [0.1, 0.15) is 64.4 Å². The van der Waals surface area contributed by atoms with Gasteiger partial charge in [0.25, 0.3) is 0 Å². The molecule has 0 bridgehead atoms. The molecule has 0 radical (unpaired) electrons. The third kappa shape index (κ3) is 6.54. The van der Waals surface area contributed by atoms with Gasteiger partial charge in [-0.05, 0) is 30.9 Å². The quantitative estimate of drug-likeness (QED) is 0.559. The fraction of sp³-hybridized carbons (Fsp3) is 0.667. The van der Waals surface area contributed by atoms with E-state index in [-0.39, 0.29) is 0 Å². The van der Waals surface area contributed by atoms with Crippen LogP contribution >= 0.6 is 0 Å². The third-order valence-corrected chi connectivity index (χ3v) is 4.81. The van der Waals surface area contributed by atoms with Gasteiger partial charge in [-0.15, -0.1) is 0 Å². The summed E-state index contributed by atoms with van der Waals surface area (Å²) in [6.45, 7) is 7.51. The standard InChI is InChI=1S/C21H35N3/c1-3-4-5-6-7-8-12-19-13-9-10-14-20(19)24-17-18(2)21-22-15-11-16-23-21/h9-10,13-14,18,24H,3-8,11-12,15-17H2,1-2H3,(H,22,23). The molecule has 0 fully saturated rings. The fourth-order valence-corrected chi connectivity index (χ4v) is 3.25. The predicted octanol–water partition coefficient (Wildman–Crippen LogP) is 5.03. The summed E-state index contributed by atoms with van der Waals surface area (Å²) in [5.41, 5.74) is 2.76. The molecule has 0 saturated heterocycles. The smallest absolute Gasteiger partial charge is 0.101 e. The Balaban J connectivity index is 1.77. The predicted molar refractivity (Wildman–Crippen MR) is 106 cm³/mol. The van der Waals surface area contributed by atoms with E-state index in [0.29, 0.717) is 5.92 Å². The number of rotatable bonds is 11. The van der Waals surface area contributed by atoms with E-state index < -0.39 is 0 Å². The molecule has 134 valence electrons. The first-order chi connectivity index (χ1) is 11.8. The maximum atomic E-state index is 4.61. The second-order valence-electron chi connectivity index (χ2n) is 7.00. The van der Waals surface area contributed by atoms with Crippen molar-refractivity contribution in [2.24, 2.45) is 10.9 Å². The second kappa shape index (κ2) is 11.1. The van der Waals surface area contributed by atoms with Crippen LogP contribution in [0.2, 0.25) is 0 Å². The van der Waals surface area contributed by atoms with Gasteiger partial charge >= 0.3 is 0 Å². The van der Waals surface area contributed by atoms with E-state index in [9.17, 15) is 0 Å². The number of unbranched alkanes of at least 4 members (excludes halogenated alkanes) is 5. The van der Waals surface area contributed by atoms with Crippen molar-refractivity contribution in [3.05, 3.63) is 29.8 Å². The monoisotopic (exact) mass is 329 g/mol. The molecule has 1 aliphatic heterocycles. The van der Waals surface area contributed by atoms with Crippen LogP contribution in [0.4, 0.5) is 5.69 Å². The molecule has 0 aromatic heterocycles. The van der Waals surface area contributed by atoms with Crippen molar-refractivity contribution >= 4 is 11.5 Å². The first-order valence-corrected chi connectivity index (χ1v) is 9.91. The van der Waals surface area contributed by atoms with Gasteiger partial charge in [0, 0.05) is 31.2 Å². The zero-order chi connectivity index (χ0) is 17.0. The van der Waals surface area contributed by atoms with Crippen molar-refractivity contribution in [1.29, 1.82) is 0 Å². The van der Waals surface area contributed by atoms with Crippen molar-refractivity contribution in [2.45, 2.75) is 65.2 Å². The zero-order valence-electron chi connectivity index (χ0n) is 15.6. The summed E-state index contributed by atoms with van der Waals surface area (Å²) in [5.74, 6) is 1.61. The molecule has 1 heterocycles. The van der Waals surface area contributed by atoms with Crippen molar-refractivity contribution < 1.29 is 0 Å². The van der Waals surface area contributed by atoms with Crippen LogP contribution in [-0.2, 0) is 6.42 Å². The summed E-state index contributed by atoms with van der Waals surface area (Å²) in [4.78, 5) is 4.61. The fourth-order valence-electron chi connectivity index (χ4n) is 3.25. The Bertz CT molecular complexity index is 496. The summed E-state index contributed by atoms with van der Waals surface area (Å²) in [6.07, 6.45) is 10.5. The van der Waals surface area contributed by atoms with E-state index in [4.69, 9.17) is 0 Å². The normalized spacial score (nSPS) is 15.5. The Morgan fingerprint density at radius 1 is 1.12 bits per heavy atom. The average molecular weight is 330 g/mol. The SMILES string of the molecule is CCCCCCCCc1ccccc1NCC(C)C1=NCCCN1. The van der Waals surface area contributed by atoms with E-state index in [1.807, 2.05) is 0 Å². The molecular weight excluding hydrogens is 294 g/mol. The number of anilines is 1. The lowest BCUT2D eigenvalue weighted by Crippen LogP contribution is -2.37. The summed E-state index contributed by atoms with van der Waals surface area (Å²) in [6, 6.07) is 8.78. The number of para-hydroxylation sites is 1. The van der Waals surface area contributed by atoms with Crippen molar-refractivity contribution in [1.82, 2.24) is 5.32 Å². The van der Waals surface area contributed by atoms with E-state index in [1.54, 1.807) is 0 Å². The summed E-state index contributed by atoms with van der Waals surface area (Å²) in [7, 11) is 0. The molecule has 1 aliphatic rings. The number of aryl methyl sites for hydroxylation is 1. The first-order valence-electron chi connectivity index (χ1n) is 9.91. The zero-order valence-corrected chi connectivity index (χ0v) is 15.6. The van der Waals surface area contributed by atoms with E-state index in [2.05, 4.69) is 53.7 Å². The number of nitrogens with one attached hydrogen (secondary N) is 2. The maximum Gasteiger partial charge on any atom is 0.101 e. The minimum absolute atomic E-state index is 0.437. The Hall–Kier alpha value is -1.51. The van der Waals surface area contributed by atoms with Crippen LogP contribution in [0, 0.1) is 5.92 Å². The number of aliphatic imine (C=N–C) groups is 1. The molecule has 2 N–H and O–H groups in total. The number of nitrogens with zero attached hydrogens (tertiary/aromatic N) is 1. The molecule has 1 unspecified atom stereocenters. The highest BCUT2D eigenvalue weighted by Gasteiger charge is 2.13. The van der Waals surface area contributed by atoms with Crippen LogP contribution in [0.5, 0.6) is 0 Å². The van der Waals surface area contributed by atoms with E-state index >= 15 is 0 Å². The topological polar surface area (TPSA) is 36.4 Å². The molecule has 2 rings (SSSR count). The second-order valence-corrected chi connectivity index (χ2v) is 7.00. The third-order valence-electron chi connectivity index (χ3n) is 4.81. The molecule has 0 saturated carbocycles. The van der Waals surface area contributed by atoms with Crippen LogP contribution in [-0.4, -0.2) is 25.5 Å². The molecule has 3 nitrogen and oxygen atoms in total. The Morgan fingerprint density at radius 3 is 2.71 bits per heavy atom. The lowest BCUT2D eigenvalue weighted by molar-refractivity contribution is 0.607. The minimum atomic E-state index is 0.437. The summed E-state index contributed by atoms with van der Waals surface area (Å²) >= 11 is 0. The van der Waals surface area contributed by atoms with Gasteiger partial charge in [0.2, 0.25) is 0 Å². The van der Waals surface area contributed by atoms with Crippen molar-refractivity contribution in [3.8, 4) is 0 Å². The van der Waals surface area contributed by atoms with Gasteiger partial charge in [-0.1, -0.05) is 64.2 Å². The van der Waals surface area contributed by atoms with Crippen molar-refractivity contribution in [3.63, 3.8) is 0 Å². The van der Waals surface area contributed by atoms with E-state index in [0.717, 1.165) is 26.1 Å². The highest BCUT2D eigenvalue weighted by Crippen LogP contribution is 2.19. The van der Waals surface area contributed by atoms with Gasteiger partial charge in [0.1, 0.15) is 5.84 Å². The van der Waals surface area contributed by atoms with Gasteiger partial charge in [0.15, 0.2) is 0 Å². The van der Waals surface area contributed by atoms with Crippen LogP contribution in [0.25, 0.3) is 0 Å². The maximum absolute atomic E-state index is 4.61. The summed E-state index contributed by atoms with van der Waals surface area (Å²) < 4.78 is 0.